The van der Waals surface area contributed by atoms with E-state index in [1.165, 1.54) is 19.3 Å². The SMILES string of the molecule is COC1=CC(=O)/C(=C(O)/C=C/c2ccccc2)C(=O)C12OC2C. The molecular weight excluding hydrogens is 296 g/mol. The van der Waals surface area contributed by atoms with Gasteiger partial charge >= 0.3 is 0 Å². The summed E-state index contributed by atoms with van der Waals surface area (Å²) < 4.78 is 10.5. The van der Waals surface area contributed by atoms with Crippen molar-refractivity contribution in [3.8, 4) is 0 Å². The Labute approximate surface area is 133 Å². The van der Waals surface area contributed by atoms with E-state index in [0.29, 0.717) is 0 Å². The van der Waals surface area contributed by atoms with E-state index < -0.39 is 23.3 Å². The summed E-state index contributed by atoms with van der Waals surface area (Å²) in [7, 11) is 1.38. The summed E-state index contributed by atoms with van der Waals surface area (Å²) in [6.07, 6.45) is 3.78. The monoisotopic (exact) mass is 312 g/mol. The van der Waals surface area contributed by atoms with Gasteiger partial charge in [-0.25, -0.2) is 0 Å². The number of aliphatic hydroxyl groups is 1. The van der Waals surface area contributed by atoms with Crippen LogP contribution in [-0.2, 0) is 19.1 Å². The lowest BCUT2D eigenvalue weighted by molar-refractivity contribution is -0.124. The summed E-state index contributed by atoms with van der Waals surface area (Å²) in [4.78, 5) is 24.8. The van der Waals surface area contributed by atoms with Gasteiger partial charge in [-0.2, -0.15) is 0 Å². The van der Waals surface area contributed by atoms with Gasteiger partial charge in [0.2, 0.25) is 11.4 Å². The summed E-state index contributed by atoms with van der Waals surface area (Å²) in [6, 6.07) is 9.26. The van der Waals surface area contributed by atoms with Crippen molar-refractivity contribution in [1.29, 1.82) is 0 Å². The highest BCUT2D eigenvalue weighted by molar-refractivity contribution is 6.31. The minimum Gasteiger partial charge on any atom is -0.507 e. The molecule has 1 aliphatic heterocycles. The third kappa shape index (κ3) is 2.39. The maximum absolute atomic E-state index is 12.6. The van der Waals surface area contributed by atoms with E-state index in [4.69, 9.17) is 9.47 Å². The van der Waals surface area contributed by atoms with Crippen molar-refractivity contribution >= 4 is 17.6 Å². The van der Waals surface area contributed by atoms with Crippen LogP contribution in [0.1, 0.15) is 12.5 Å². The summed E-state index contributed by atoms with van der Waals surface area (Å²) in [5.74, 6) is -1.35. The van der Waals surface area contributed by atoms with Crippen molar-refractivity contribution in [2.75, 3.05) is 7.11 Å². The van der Waals surface area contributed by atoms with Gasteiger partial charge in [0.05, 0.1) is 7.11 Å². The normalized spacial score (nSPS) is 29.0. The van der Waals surface area contributed by atoms with Crippen LogP contribution in [0.25, 0.3) is 6.08 Å². The van der Waals surface area contributed by atoms with E-state index in [1.54, 1.807) is 13.0 Å². The van der Waals surface area contributed by atoms with E-state index >= 15 is 0 Å². The number of benzene rings is 1. The molecule has 1 saturated heterocycles. The highest BCUT2D eigenvalue weighted by atomic mass is 16.6. The first-order chi connectivity index (χ1) is 11.0. The smallest absolute Gasteiger partial charge is 0.214 e. The Morgan fingerprint density at radius 2 is 1.96 bits per heavy atom. The van der Waals surface area contributed by atoms with Crippen LogP contribution in [-0.4, -0.2) is 35.5 Å². The highest BCUT2D eigenvalue weighted by Gasteiger charge is 2.67. The van der Waals surface area contributed by atoms with Gasteiger partial charge in [-0.05, 0) is 18.6 Å². The standard InChI is InChI=1S/C18H16O5/c1-11-18(23-11)15(22-2)10-14(20)16(17(18)21)13(19)9-8-12-6-4-3-5-7-12/h3-11,19H,1-2H3/b9-8+,16-13+. The van der Waals surface area contributed by atoms with Crippen molar-refractivity contribution < 1.29 is 24.2 Å². The zero-order valence-corrected chi connectivity index (χ0v) is 12.8. The van der Waals surface area contributed by atoms with Crippen molar-refractivity contribution in [2.45, 2.75) is 18.6 Å². The number of hydrogen-bond acceptors (Lipinski definition) is 5. The number of methoxy groups -OCH3 is 1. The minimum absolute atomic E-state index is 0.184. The second kappa shape index (κ2) is 5.52. The molecule has 1 aliphatic carbocycles. The number of allylic oxidation sites excluding steroid dienone is 2. The first-order valence-electron chi connectivity index (χ1n) is 7.20. The first-order valence-corrected chi connectivity index (χ1v) is 7.20. The average Bonchev–Trinajstić information content (AvgIpc) is 3.22. The molecule has 1 N–H and O–H groups in total. The Morgan fingerprint density at radius 1 is 1.30 bits per heavy atom. The Kier molecular flexibility index (Phi) is 3.66. The van der Waals surface area contributed by atoms with Crippen LogP contribution in [0.2, 0.25) is 0 Å². The molecule has 0 radical (unpaired) electrons. The predicted molar refractivity (Wildman–Crippen MR) is 83.5 cm³/mol. The number of ketones is 2. The zero-order valence-electron chi connectivity index (χ0n) is 12.8. The molecule has 5 heteroatoms. The largest absolute Gasteiger partial charge is 0.507 e. The van der Waals surface area contributed by atoms with E-state index in [9.17, 15) is 14.7 Å². The molecule has 118 valence electrons. The van der Waals surface area contributed by atoms with Crippen molar-refractivity contribution in [2.24, 2.45) is 0 Å². The zero-order chi connectivity index (χ0) is 16.6. The maximum atomic E-state index is 12.6. The predicted octanol–water partition coefficient (Wildman–Crippen LogP) is 2.35. The van der Waals surface area contributed by atoms with Crippen LogP contribution in [0.3, 0.4) is 0 Å². The lowest BCUT2D eigenvalue weighted by Gasteiger charge is -2.20. The van der Waals surface area contributed by atoms with Gasteiger partial charge in [0.25, 0.3) is 0 Å². The number of carbonyl (C=O) groups excluding carboxylic acids is 2. The van der Waals surface area contributed by atoms with E-state index in [2.05, 4.69) is 0 Å². The Morgan fingerprint density at radius 3 is 2.52 bits per heavy atom. The van der Waals surface area contributed by atoms with E-state index in [-0.39, 0.29) is 17.1 Å². The fourth-order valence-electron chi connectivity index (χ4n) is 2.73. The Balaban J connectivity index is 1.99. The van der Waals surface area contributed by atoms with Gasteiger partial charge in [0.1, 0.15) is 23.2 Å². The first kappa shape index (κ1) is 15.2. The third-order valence-electron chi connectivity index (χ3n) is 4.03. The molecule has 1 heterocycles. The second-order valence-corrected chi connectivity index (χ2v) is 5.41. The molecule has 2 atom stereocenters. The van der Waals surface area contributed by atoms with Crippen molar-refractivity contribution in [3.05, 3.63) is 65.1 Å². The molecule has 0 amide bonds. The van der Waals surface area contributed by atoms with Crippen LogP contribution in [0, 0.1) is 0 Å². The summed E-state index contributed by atoms with van der Waals surface area (Å²) in [6.45, 7) is 1.72. The van der Waals surface area contributed by atoms with Crippen LogP contribution < -0.4 is 0 Å². The molecule has 2 unspecified atom stereocenters. The van der Waals surface area contributed by atoms with Gasteiger partial charge in [0.15, 0.2) is 5.78 Å². The molecule has 1 fully saturated rings. The molecule has 3 rings (SSSR count). The lowest BCUT2D eigenvalue weighted by atomic mass is 9.84. The number of Topliss-reactive ketones (excluding diaryl/α,β-unsaturated/α-hetero) is 1. The van der Waals surface area contributed by atoms with Gasteiger partial charge in [-0.1, -0.05) is 36.4 Å². The average molecular weight is 312 g/mol. The molecule has 1 aromatic rings. The maximum Gasteiger partial charge on any atom is 0.214 e. The summed E-state index contributed by atoms with van der Waals surface area (Å²) in [5, 5.41) is 10.2. The number of epoxide rings is 1. The molecule has 1 aromatic carbocycles. The van der Waals surface area contributed by atoms with Crippen LogP contribution in [0.15, 0.2) is 59.6 Å². The molecule has 2 aliphatic rings. The Hall–Kier alpha value is -2.66. The van der Waals surface area contributed by atoms with Gasteiger partial charge in [-0.15, -0.1) is 0 Å². The fourth-order valence-corrected chi connectivity index (χ4v) is 2.73. The van der Waals surface area contributed by atoms with Gasteiger partial charge in [-0.3, -0.25) is 9.59 Å². The van der Waals surface area contributed by atoms with Crippen molar-refractivity contribution in [1.82, 2.24) is 0 Å². The number of carbonyl (C=O) groups is 2. The van der Waals surface area contributed by atoms with E-state index in [1.807, 2.05) is 30.3 Å². The minimum atomic E-state index is -1.27. The molecule has 1 spiro atoms. The lowest BCUT2D eigenvalue weighted by Crippen LogP contribution is -2.38. The second-order valence-electron chi connectivity index (χ2n) is 5.41. The molecular formula is C18H16O5. The molecule has 0 saturated carbocycles. The number of ether oxygens (including phenoxy) is 2. The van der Waals surface area contributed by atoms with Crippen LogP contribution in [0.5, 0.6) is 0 Å². The van der Waals surface area contributed by atoms with E-state index in [0.717, 1.165) is 5.56 Å². The topological polar surface area (TPSA) is 76.1 Å². The molecule has 23 heavy (non-hydrogen) atoms. The molecule has 0 bridgehead atoms. The Bertz CT molecular complexity index is 757. The molecule has 5 nitrogen and oxygen atoms in total. The van der Waals surface area contributed by atoms with Crippen molar-refractivity contribution in [3.63, 3.8) is 0 Å². The molecule has 0 aromatic heterocycles. The fraction of sp³-hybridized carbons (Fsp3) is 0.222. The number of aliphatic hydroxyl groups excluding tert-OH is 1. The quantitative estimate of drug-likeness (QED) is 0.401. The number of rotatable bonds is 3. The highest BCUT2D eigenvalue weighted by Crippen LogP contribution is 2.48. The van der Waals surface area contributed by atoms with Gasteiger partial charge < -0.3 is 14.6 Å². The van der Waals surface area contributed by atoms with Crippen LogP contribution >= 0.6 is 0 Å². The summed E-state index contributed by atoms with van der Waals surface area (Å²) in [5.41, 5.74) is -0.705. The summed E-state index contributed by atoms with van der Waals surface area (Å²) >= 11 is 0. The number of hydrogen-bond donors (Lipinski definition) is 1. The van der Waals surface area contributed by atoms with Gasteiger partial charge in [0, 0.05) is 6.08 Å². The van der Waals surface area contributed by atoms with Crippen LogP contribution in [0.4, 0.5) is 0 Å². The third-order valence-corrected chi connectivity index (χ3v) is 4.03.